The predicted octanol–water partition coefficient (Wildman–Crippen LogP) is 2.84. The molecule has 19 heavy (non-hydrogen) atoms. The van der Waals surface area contributed by atoms with Crippen molar-refractivity contribution in [2.45, 2.75) is 12.2 Å². The van der Waals surface area contributed by atoms with Gasteiger partial charge in [0, 0.05) is 26.2 Å². The quantitative estimate of drug-likeness (QED) is 0.850. The van der Waals surface area contributed by atoms with Crippen LogP contribution < -0.4 is 5.32 Å². The summed E-state index contributed by atoms with van der Waals surface area (Å²) < 4.78 is 38.2. The summed E-state index contributed by atoms with van der Waals surface area (Å²) in [6.45, 7) is 7.09. The SMILES string of the molecule is C=C[C@H](c1cccc(C(F)(F)F)c1)N1CCNCC1. The zero-order valence-corrected chi connectivity index (χ0v) is 10.6. The van der Waals surface area contributed by atoms with Crippen molar-refractivity contribution in [1.82, 2.24) is 10.2 Å². The maximum Gasteiger partial charge on any atom is 0.416 e. The van der Waals surface area contributed by atoms with E-state index < -0.39 is 11.7 Å². The molecule has 0 bridgehead atoms. The molecule has 1 fully saturated rings. The second kappa shape index (κ2) is 5.75. The van der Waals surface area contributed by atoms with Gasteiger partial charge in [0.15, 0.2) is 0 Å². The number of benzene rings is 1. The van der Waals surface area contributed by atoms with E-state index in [1.165, 1.54) is 12.1 Å². The second-order valence-electron chi connectivity index (χ2n) is 4.59. The van der Waals surface area contributed by atoms with Crippen LogP contribution in [0.5, 0.6) is 0 Å². The van der Waals surface area contributed by atoms with Gasteiger partial charge >= 0.3 is 6.18 Å². The minimum atomic E-state index is -4.30. The van der Waals surface area contributed by atoms with E-state index in [0.29, 0.717) is 5.56 Å². The van der Waals surface area contributed by atoms with Crippen LogP contribution in [0.1, 0.15) is 17.2 Å². The van der Waals surface area contributed by atoms with Crippen LogP contribution >= 0.6 is 0 Å². The first-order valence-corrected chi connectivity index (χ1v) is 6.27. The van der Waals surface area contributed by atoms with Crippen LogP contribution in [0, 0.1) is 0 Å². The topological polar surface area (TPSA) is 15.3 Å². The summed E-state index contributed by atoms with van der Waals surface area (Å²) >= 11 is 0. The van der Waals surface area contributed by atoms with E-state index in [4.69, 9.17) is 0 Å². The van der Waals surface area contributed by atoms with Gasteiger partial charge in [0.25, 0.3) is 0 Å². The molecule has 1 aliphatic rings. The lowest BCUT2D eigenvalue weighted by atomic mass is 10.0. The van der Waals surface area contributed by atoms with Crippen molar-refractivity contribution in [2.75, 3.05) is 26.2 Å². The number of rotatable bonds is 3. The minimum Gasteiger partial charge on any atom is -0.314 e. The fourth-order valence-electron chi connectivity index (χ4n) is 2.36. The van der Waals surface area contributed by atoms with Crippen LogP contribution in [0.15, 0.2) is 36.9 Å². The van der Waals surface area contributed by atoms with Gasteiger partial charge in [-0.3, -0.25) is 4.90 Å². The molecule has 0 amide bonds. The third-order valence-electron chi connectivity index (χ3n) is 3.32. The summed E-state index contributed by atoms with van der Waals surface area (Å²) in [4.78, 5) is 2.14. The summed E-state index contributed by atoms with van der Waals surface area (Å²) in [5.41, 5.74) is 0.0405. The van der Waals surface area contributed by atoms with Crippen molar-refractivity contribution >= 4 is 0 Å². The molecule has 0 unspecified atom stereocenters. The molecule has 1 saturated heterocycles. The van der Waals surface area contributed by atoms with Gasteiger partial charge in [-0.1, -0.05) is 18.2 Å². The van der Waals surface area contributed by atoms with Gasteiger partial charge in [0.1, 0.15) is 0 Å². The Bertz CT molecular complexity index is 437. The second-order valence-corrected chi connectivity index (χ2v) is 4.59. The summed E-state index contributed by atoms with van der Waals surface area (Å²) in [6.07, 6.45) is -2.59. The monoisotopic (exact) mass is 270 g/mol. The Hall–Kier alpha value is -1.33. The molecule has 1 aromatic carbocycles. The zero-order valence-electron chi connectivity index (χ0n) is 10.6. The van der Waals surface area contributed by atoms with Crippen LogP contribution in [0.25, 0.3) is 0 Å². The van der Waals surface area contributed by atoms with Crippen molar-refractivity contribution in [3.63, 3.8) is 0 Å². The molecule has 2 rings (SSSR count). The van der Waals surface area contributed by atoms with Gasteiger partial charge < -0.3 is 5.32 Å². The Morgan fingerprint density at radius 2 is 1.95 bits per heavy atom. The van der Waals surface area contributed by atoms with Crippen LogP contribution in [-0.2, 0) is 6.18 Å². The predicted molar refractivity (Wildman–Crippen MR) is 68.8 cm³/mol. The Morgan fingerprint density at radius 3 is 2.53 bits per heavy atom. The number of alkyl halides is 3. The number of nitrogens with one attached hydrogen (secondary N) is 1. The van der Waals surface area contributed by atoms with Crippen LogP contribution in [-0.4, -0.2) is 31.1 Å². The van der Waals surface area contributed by atoms with Crippen molar-refractivity contribution in [3.05, 3.63) is 48.0 Å². The lowest BCUT2D eigenvalue weighted by molar-refractivity contribution is -0.137. The molecular weight excluding hydrogens is 253 g/mol. The Labute approximate surface area is 110 Å². The Kier molecular flexibility index (Phi) is 4.27. The summed E-state index contributed by atoms with van der Waals surface area (Å²) in [5.74, 6) is 0. The highest BCUT2D eigenvalue weighted by atomic mass is 19.4. The normalized spacial score (nSPS) is 19.1. The van der Waals surface area contributed by atoms with E-state index in [0.717, 1.165) is 32.2 Å². The molecule has 5 heteroatoms. The van der Waals surface area contributed by atoms with Crippen LogP contribution in [0.4, 0.5) is 13.2 Å². The molecule has 0 aromatic heterocycles. The van der Waals surface area contributed by atoms with Gasteiger partial charge in [0.05, 0.1) is 11.6 Å². The molecule has 1 N–H and O–H groups in total. The fraction of sp³-hybridized carbons (Fsp3) is 0.429. The summed E-state index contributed by atoms with van der Waals surface area (Å²) in [5, 5.41) is 3.22. The smallest absolute Gasteiger partial charge is 0.314 e. The first kappa shape index (κ1) is 14.1. The molecule has 0 spiro atoms. The molecule has 0 radical (unpaired) electrons. The van der Waals surface area contributed by atoms with Crippen molar-refractivity contribution < 1.29 is 13.2 Å². The molecule has 0 aliphatic carbocycles. The van der Waals surface area contributed by atoms with E-state index >= 15 is 0 Å². The molecule has 2 nitrogen and oxygen atoms in total. The van der Waals surface area contributed by atoms with Gasteiger partial charge in [-0.05, 0) is 17.7 Å². The van der Waals surface area contributed by atoms with E-state index in [-0.39, 0.29) is 6.04 Å². The number of hydrogen-bond donors (Lipinski definition) is 1. The van der Waals surface area contributed by atoms with E-state index in [2.05, 4.69) is 16.8 Å². The molecule has 1 atom stereocenters. The maximum absolute atomic E-state index is 12.7. The first-order valence-electron chi connectivity index (χ1n) is 6.27. The minimum absolute atomic E-state index is 0.163. The van der Waals surface area contributed by atoms with E-state index in [1.54, 1.807) is 12.1 Å². The molecule has 0 saturated carbocycles. The van der Waals surface area contributed by atoms with E-state index in [1.807, 2.05) is 0 Å². The number of nitrogens with zero attached hydrogens (tertiary/aromatic N) is 1. The third-order valence-corrected chi connectivity index (χ3v) is 3.32. The lowest BCUT2D eigenvalue weighted by Gasteiger charge is -2.33. The zero-order chi connectivity index (χ0) is 13.9. The van der Waals surface area contributed by atoms with Crippen molar-refractivity contribution in [3.8, 4) is 0 Å². The maximum atomic E-state index is 12.7. The number of hydrogen-bond acceptors (Lipinski definition) is 2. The Morgan fingerprint density at radius 1 is 1.26 bits per heavy atom. The van der Waals surface area contributed by atoms with Crippen molar-refractivity contribution in [2.24, 2.45) is 0 Å². The number of halogens is 3. The first-order chi connectivity index (χ1) is 9.02. The highest BCUT2D eigenvalue weighted by Gasteiger charge is 2.31. The average Bonchev–Trinajstić information content (AvgIpc) is 2.40. The third kappa shape index (κ3) is 3.36. The standard InChI is InChI=1S/C14H17F3N2/c1-2-13(19-8-6-18-7-9-19)11-4-3-5-12(10-11)14(15,16)17/h2-5,10,13,18H,1,6-9H2/t13-/m1/s1. The van der Waals surface area contributed by atoms with Gasteiger partial charge in [0.2, 0.25) is 0 Å². The van der Waals surface area contributed by atoms with E-state index in [9.17, 15) is 13.2 Å². The summed E-state index contributed by atoms with van der Waals surface area (Å²) in [7, 11) is 0. The molecular formula is C14H17F3N2. The number of piperazine rings is 1. The summed E-state index contributed by atoms with van der Waals surface area (Å²) in [6, 6.07) is 5.33. The van der Waals surface area contributed by atoms with Crippen LogP contribution in [0.2, 0.25) is 0 Å². The molecule has 104 valence electrons. The largest absolute Gasteiger partial charge is 0.416 e. The van der Waals surface area contributed by atoms with Crippen molar-refractivity contribution in [1.29, 1.82) is 0 Å². The van der Waals surface area contributed by atoms with Gasteiger partial charge in [-0.2, -0.15) is 13.2 Å². The Balaban J connectivity index is 2.25. The van der Waals surface area contributed by atoms with Gasteiger partial charge in [-0.25, -0.2) is 0 Å². The lowest BCUT2D eigenvalue weighted by Crippen LogP contribution is -2.44. The van der Waals surface area contributed by atoms with Gasteiger partial charge in [-0.15, -0.1) is 6.58 Å². The highest BCUT2D eigenvalue weighted by molar-refractivity contribution is 5.30. The average molecular weight is 270 g/mol. The highest BCUT2D eigenvalue weighted by Crippen LogP contribution is 2.32. The molecule has 1 aromatic rings. The fourth-order valence-corrected chi connectivity index (χ4v) is 2.36. The molecule has 1 heterocycles. The molecule has 1 aliphatic heterocycles. The van der Waals surface area contributed by atoms with Crippen LogP contribution in [0.3, 0.4) is 0 Å².